The maximum Gasteiger partial charge on any atom is 0.126 e. The molecule has 4 aromatic carbocycles. The summed E-state index contributed by atoms with van der Waals surface area (Å²) in [6.45, 7) is 2.51. The molecule has 37 heavy (non-hydrogen) atoms. The number of rotatable bonds is 4. The Morgan fingerprint density at radius 1 is 0.703 bits per heavy atom. The van der Waals surface area contributed by atoms with E-state index in [0.29, 0.717) is 6.54 Å². The molecule has 1 heterocycles. The number of phenolic OH excluding ortho intramolecular Hbond substituents is 2. The van der Waals surface area contributed by atoms with Crippen LogP contribution >= 0.6 is 63.7 Å². The second-order valence-electron chi connectivity index (χ2n) is 8.27. The van der Waals surface area contributed by atoms with Crippen molar-refractivity contribution in [2.75, 3.05) is 0 Å². The van der Waals surface area contributed by atoms with Gasteiger partial charge in [-0.15, -0.1) is 0 Å². The van der Waals surface area contributed by atoms with Gasteiger partial charge in [0.2, 0.25) is 0 Å². The molecule has 0 aliphatic carbocycles. The largest absolute Gasteiger partial charge is 0.507 e. The van der Waals surface area contributed by atoms with Gasteiger partial charge in [-0.1, -0.05) is 75.9 Å². The normalized spacial score (nSPS) is 11.3. The van der Waals surface area contributed by atoms with Crippen molar-refractivity contribution in [3.05, 3.63) is 114 Å². The van der Waals surface area contributed by atoms with Crippen molar-refractivity contribution >= 4 is 80.3 Å². The van der Waals surface area contributed by atoms with Crippen molar-refractivity contribution < 1.29 is 10.2 Å². The molecule has 0 unspecified atom stereocenters. The third kappa shape index (κ3) is 7.35. The first-order valence-corrected chi connectivity index (χ1v) is 14.4. The molecule has 0 amide bonds. The lowest BCUT2D eigenvalue weighted by Crippen LogP contribution is -1.96. The molecule has 0 atom stereocenters. The Bertz CT molecular complexity index is 1580. The Kier molecular flexibility index (Phi) is 9.29. The van der Waals surface area contributed by atoms with E-state index >= 15 is 0 Å². The van der Waals surface area contributed by atoms with Crippen LogP contribution in [0.25, 0.3) is 22.2 Å². The third-order valence-corrected chi connectivity index (χ3v) is 7.60. The van der Waals surface area contributed by atoms with Crippen LogP contribution in [0.5, 0.6) is 11.5 Å². The van der Waals surface area contributed by atoms with Gasteiger partial charge in [-0.25, -0.2) is 0 Å². The Hall–Kier alpha value is -2.39. The maximum absolute atomic E-state index is 9.97. The average molecular weight is 750 g/mol. The van der Waals surface area contributed by atoms with Gasteiger partial charge in [-0.05, 0) is 85.3 Å². The van der Waals surface area contributed by atoms with Crippen molar-refractivity contribution in [3.8, 4) is 22.8 Å². The number of fused-ring (bicyclic) bond motifs is 1. The summed E-state index contributed by atoms with van der Waals surface area (Å²) in [5.74, 6) is 0.501. The molecule has 188 valence electrons. The monoisotopic (exact) mass is 746 g/mol. The molecule has 5 aromatic rings. The number of aromatic amines is 1. The van der Waals surface area contributed by atoms with Crippen molar-refractivity contribution in [1.82, 2.24) is 4.98 Å². The van der Waals surface area contributed by atoms with Gasteiger partial charge in [-0.3, -0.25) is 4.99 Å². The summed E-state index contributed by atoms with van der Waals surface area (Å²) in [5.41, 5.74) is 5.49. The fourth-order valence-electron chi connectivity index (χ4n) is 3.68. The molecule has 0 saturated carbocycles. The van der Waals surface area contributed by atoms with Crippen molar-refractivity contribution in [2.24, 2.45) is 4.99 Å². The molecule has 0 fully saturated rings. The fourth-order valence-corrected chi connectivity index (χ4v) is 5.02. The summed E-state index contributed by atoms with van der Waals surface area (Å²) in [7, 11) is 0. The highest BCUT2D eigenvalue weighted by atomic mass is 79.9. The summed E-state index contributed by atoms with van der Waals surface area (Å²) in [6.07, 6.45) is 0. The number of H-pyrrole nitrogens is 1. The molecular formula is C29H22Br4N2O2. The average Bonchev–Trinajstić information content (AvgIpc) is 3.26. The second-order valence-corrected chi connectivity index (χ2v) is 11.9. The van der Waals surface area contributed by atoms with Gasteiger partial charge in [0.25, 0.3) is 0 Å². The van der Waals surface area contributed by atoms with E-state index in [-0.39, 0.29) is 11.5 Å². The quantitative estimate of drug-likeness (QED) is 0.160. The lowest BCUT2D eigenvalue weighted by Gasteiger charge is -2.05. The van der Waals surface area contributed by atoms with E-state index in [0.717, 1.165) is 56.9 Å². The summed E-state index contributed by atoms with van der Waals surface area (Å²) >= 11 is 13.5. The number of aliphatic imine (C=N–C) groups is 1. The first-order chi connectivity index (χ1) is 17.7. The predicted octanol–water partition coefficient (Wildman–Crippen LogP) is 9.99. The van der Waals surface area contributed by atoms with E-state index in [9.17, 15) is 10.2 Å². The molecule has 0 aliphatic heterocycles. The fraction of sp³-hybridized carbons (Fsp3) is 0.0690. The zero-order valence-electron chi connectivity index (χ0n) is 19.6. The van der Waals surface area contributed by atoms with Crippen LogP contribution < -0.4 is 0 Å². The minimum Gasteiger partial charge on any atom is -0.507 e. The number of aromatic hydroxyl groups is 2. The number of phenols is 2. The Morgan fingerprint density at radius 3 is 1.97 bits per heavy atom. The smallest absolute Gasteiger partial charge is 0.126 e. The van der Waals surface area contributed by atoms with Crippen LogP contribution in [-0.4, -0.2) is 20.9 Å². The molecule has 0 bridgehead atoms. The molecular weight excluding hydrogens is 728 g/mol. The highest BCUT2D eigenvalue weighted by molar-refractivity contribution is 9.11. The van der Waals surface area contributed by atoms with Gasteiger partial charge in [0.05, 0.1) is 12.2 Å². The maximum atomic E-state index is 9.97. The van der Waals surface area contributed by atoms with E-state index in [1.807, 2.05) is 79.7 Å². The van der Waals surface area contributed by atoms with E-state index < -0.39 is 0 Å². The van der Waals surface area contributed by atoms with Gasteiger partial charge < -0.3 is 15.2 Å². The van der Waals surface area contributed by atoms with E-state index in [1.54, 1.807) is 12.1 Å². The minimum absolute atomic E-state index is 0.242. The van der Waals surface area contributed by atoms with Crippen LogP contribution in [-0.2, 0) is 6.54 Å². The zero-order chi connectivity index (χ0) is 26.5. The molecule has 1 aromatic heterocycles. The molecule has 5 rings (SSSR count). The molecule has 0 saturated heterocycles. The highest BCUT2D eigenvalue weighted by Crippen LogP contribution is 2.33. The number of benzene rings is 4. The van der Waals surface area contributed by atoms with Gasteiger partial charge >= 0.3 is 0 Å². The van der Waals surface area contributed by atoms with Gasteiger partial charge in [0.1, 0.15) is 11.5 Å². The van der Waals surface area contributed by atoms with Gasteiger partial charge in [0.15, 0.2) is 0 Å². The number of aromatic nitrogens is 1. The van der Waals surface area contributed by atoms with E-state index in [1.165, 1.54) is 0 Å². The Balaban J connectivity index is 0.000000173. The number of hydrogen-bond donors (Lipinski definition) is 3. The molecule has 3 N–H and O–H groups in total. The van der Waals surface area contributed by atoms with Crippen molar-refractivity contribution in [2.45, 2.75) is 13.5 Å². The topological polar surface area (TPSA) is 68.6 Å². The first kappa shape index (κ1) is 27.6. The first-order valence-electron chi connectivity index (χ1n) is 11.2. The number of halogens is 4. The second kappa shape index (κ2) is 12.4. The van der Waals surface area contributed by atoms with Gasteiger partial charge in [-0.2, -0.15) is 0 Å². The SMILES string of the molecule is CC(=NCc1ccc(Br)cc1)c1ccc(Br)cc1O.Oc1cc(Br)ccc1-c1cc2cc(Br)ccc2[nH]1. The molecule has 8 heteroatoms. The standard InChI is InChI=1S/C15H13Br2NO.C14H9Br2NO/c1-10(14-7-6-13(17)8-15(14)19)18-9-11-2-4-12(16)5-3-11;15-9-2-4-12-8(5-9)6-13(17-12)11-3-1-10(16)7-14(11)18/h2-8,19H,9H2,1H3;1-7,17-18H. The molecule has 0 aliphatic rings. The lowest BCUT2D eigenvalue weighted by atomic mass is 10.1. The number of nitrogens with one attached hydrogen (secondary N) is 1. The van der Waals surface area contributed by atoms with Crippen LogP contribution in [0, 0.1) is 0 Å². The Morgan fingerprint density at radius 2 is 1.30 bits per heavy atom. The van der Waals surface area contributed by atoms with Crippen molar-refractivity contribution in [3.63, 3.8) is 0 Å². The number of hydrogen-bond acceptors (Lipinski definition) is 3. The highest BCUT2D eigenvalue weighted by Gasteiger charge is 2.08. The lowest BCUT2D eigenvalue weighted by molar-refractivity contribution is 0.473. The van der Waals surface area contributed by atoms with E-state index in [4.69, 9.17) is 0 Å². The van der Waals surface area contributed by atoms with Crippen molar-refractivity contribution in [1.29, 1.82) is 0 Å². The minimum atomic E-state index is 0.242. The summed E-state index contributed by atoms with van der Waals surface area (Å²) in [6, 6.07) is 27.1. The number of nitrogens with zero attached hydrogens (tertiary/aromatic N) is 1. The van der Waals surface area contributed by atoms with Crippen LogP contribution in [0.1, 0.15) is 18.1 Å². The summed E-state index contributed by atoms with van der Waals surface area (Å²) in [4.78, 5) is 7.81. The molecule has 4 nitrogen and oxygen atoms in total. The van der Waals surface area contributed by atoms with E-state index in [2.05, 4.69) is 73.7 Å². The third-order valence-electron chi connectivity index (χ3n) is 5.59. The summed E-state index contributed by atoms with van der Waals surface area (Å²) < 4.78 is 3.82. The Labute approximate surface area is 249 Å². The molecule has 0 spiro atoms. The predicted molar refractivity (Wildman–Crippen MR) is 167 cm³/mol. The summed E-state index contributed by atoms with van der Waals surface area (Å²) in [5, 5.41) is 21.0. The van der Waals surface area contributed by atoms with Crippen LogP contribution in [0.2, 0.25) is 0 Å². The van der Waals surface area contributed by atoms with Crippen LogP contribution in [0.4, 0.5) is 0 Å². The zero-order valence-corrected chi connectivity index (χ0v) is 26.0. The molecule has 0 radical (unpaired) electrons. The van der Waals surface area contributed by atoms with Gasteiger partial charge in [0, 0.05) is 45.6 Å². The van der Waals surface area contributed by atoms with Crippen LogP contribution in [0.15, 0.2) is 108 Å². The van der Waals surface area contributed by atoms with Crippen LogP contribution in [0.3, 0.4) is 0 Å².